The maximum atomic E-state index is 5.82. The van der Waals surface area contributed by atoms with E-state index < -0.39 is 0 Å². The molecule has 4 nitrogen and oxygen atoms in total. The molecule has 1 aliphatic carbocycles. The number of hydrogen-bond donors (Lipinski definition) is 1. The molecule has 2 aliphatic rings. The van der Waals surface area contributed by atoms with Crippen LogP contribution in [0.4, 0.5) is 0 Å². The Hall–Kier alpha value is -1.00. The number of ether oxygens (including phenoxy) is 1. The van der Waals surface area contributed by atoms with E-state index in [9.17, 15) is 0 Å². The van der Waals surface area contributed by atoms with E-state index in [0.717, 1.165) is 31.8 Å². The van der Waals surface area contributed by atoms with E-state index in [-0.39, 0.29) is 6.10 Å². The van der Waals surface area contributed by atoms with Crippen LogP contribution >= 0.6 is 0 Å². The number of aromatic nitrogens is 2. The molecule has 4 heteroatoms. The highest BCUT2D eigenvalue weighted by Crippen LogP contribution is 2.35. The number of methoxy groups -OCH3 is 1. The molecule has 0 bridgehead atoms. The zero-order valence-corrected chi connectivity index (χ0v) is 13.3. The first-order chi connectivity index (χ1) is 10.3. The molecule has 1 N–H and O–H groups in total. The first kappa shape index (κ1) is 14.9. The number of aryl methyl sites for hydroxylation is 1. The zero-order valence-electron chi connectivity index (χ0n) is 13.3. The van der Waals surface area contributed by atoms with Crippen molar-refractivity contribution in [3.63, 3.8) is 0 Å². The molecule has 2 heterocycles. The molecule has 21 heavy (non-hydrogen) atoms. The van der Waals surface area contributed by atoms with Crippen molar-refractivity contribution in [1.82, 2.24) is 15.3 Å². The van der Waals surface area contributed by atoms with Crippen molar-refractivity contribution < 1.29 is 4.74 Å². The van der Waals surface area contributed by atoms with Crippen molar-refractivity contribution >= 4 is 0 Å². The Kier molecular flexibility index (Phi) is 4.86. The van der Waals surface area contributed by atoms with Crippen LogP contribution in [0.1, 0.15) is 67.9 Å². The van der Waals surface area contributed by atoms with Gasteiger partial charge in [-0.25, -0.2) is 9.97 Å². The third kappa shape index (κ3) is 3.11. The molecule has 1 saturated carbocycles. The highest BCUT2D eigenvalue weighted by molar-refractivity contribution is 5.29. The average Bonchev–Trinajstić information content (AvgIpc) is 2.56. The average molecular weight is 289 g/mol. The summed E-state index contributed by atoms with van der Waals surface area (Å²) in [5, 5.41) is 3.42. The molecule has 1 aromatic rings. The Morgan fingerprint density at radius 3 is 2.76 bits per heavy atom. The van der Waals surface area contributed by atoms with E-state index in [1.165, 1.54) is 49.1 Å². The molecule has 0 saturated heterocycles. The molecule has 3 rings (SSSR count). The maximum absolute atomic E-state index is 5.82. The summed E-state index contributed by atoms with van der Waals surface area (Å²) >= 11 is 0. The van der Waals surface area contributed by atoms with Gasteiger partial charge in [0.05, 0.1) is 5.69 Å². The van der Waals surface area contributed by atoms with Crippen LogP contribution in [0.2, 0.25) is 0 Å². The molecule has 116 valence electrons. The third-order valence-corrected chi connectivity index (χ3v) is 4.96. The Bertz CT molecular complexity index is 466. The van der Waals surface area contributed by atoms with Crippen LogP contribution in [0.15, 0.2) is 0 Å². The van der Waals surface area contributed by atoms with Crippen LogP contribution in [0, 0.1) is 5.92 Å². The Labute approximate surface area is 127 Å². The van der Waals surface area contributed by atoms with Crippen LogP contribution < -0.4 is 5.32 Å². The number of fused-ring (bicyclic) bond motifs is 1. The quantitative estimate of drug-likeness (QED) is 0.925. The molecule has 0 radical (unpaired) electrons. The fourth-order valence-electron chi connectivity index (χ4n) is 3.82. The van der Waals surface area contributed by atoms with E-state index in [1.807, 2.05) is 7.11 Å². The predicted molar refractivity (Wildman–Crippen MR) is 83.1 cm³/mol. The Balaban J connectivity index is 1.92. The predicted octanol–water partition coefficient (Wildman–Crippen LogP) is 2.95. The van der Waals surface area contributed by atoms with Gasteiger partial charge in [0.1, 0.15) is 6.10 Å². The second-order valence-corrected chi connectivity index (χ2v) is 6.29. The molecule has 1 aromatic heterocycles. The summed E-state index contributed by atoms with van der Waals surface area (Å²) in [6.45, 7) is 4.11. The van der Waals surface area contributed by atoms with Gasteiger partial charge in [-0.05, 0) is 43.7 Å². The number of nitrogens with zero attached hydrogens (tertiary/aromatic N) is 2. The smallest absolute Gasteiger partial charge is 0.157 e. The lowest BCUT2D eigenvalue weighted by atomic mass is 9.84. The van der Waals surface area contributed by atoms with Gasteiger partial charge < -0.3 is 10.1 Å². The van der Waals surface area contributed by atoms with E-state index in [4.69, 9.17) is 14.7 Å². The van der Waals surface area contributed by atoms with Gasteiger partial charge in [-0.2, -0.15) is 0 Å². The SMILES string of the molecule is CCc1nc(C(OC)C2CCCCC2)nc2c1CCNC2. The molecular weight excluding hydrogens is 262 g/mol. The number of hydrogen-bond acceptors (Lipinski definition) is 4. The lowest BCUT2D eigenvalue weighted by Crippen LogP contribution is -2.29. The van der Waals surface area contributed by atoms with Gasteiger partial charge in [-0.1, -0.05) is 26.2 Å². The summed E-state index contributed by atoms with van der Waals surface area (Å²) in [6.07, 6.45) is 8.61. The number of nitrogens with one attached hydrogen (secondary N) is 1. The highest BCUT2D eigenvalue weighted by Gasteiger charge is 2.29. The van der Waals surface area contributed by atoms with Crippen molar-refractivity contribution in [2.45, 2.75) is 64.5 Å². The van der Waals surface area contributed by atoms with Gasteiger partial charge in [0.2, 0.25) is 0 Å². The van der Waals surface area contributed by atoms with E-state index >= 15 is 0 Å². The van der Waals surface area contributed by atoms with Crippen LogP contribution in [0.3, 0.4) is 0 Å². The monoisotopic (exact) mass is 289 g/mol. The second-order valence-electron chi connectivity index (χ2n) is 6.29. The third-order valence-electron chi connectivity index (χ3n) is 4.96. The van der Waals surface area contributed by atoms with Crippen molar-refractivity contribution in [2.75, 3.05) is 13.7 Å². The lowest BCUT2D eigenvalue weighted by molar-refractivity contribution is 0.0285. The summed E-state index contributed by atoms with van der Waals surface area (Å²) in [5.41, 5.74) is 3.80. The molecule has 0 aromatic carbocycles. The van der Waals surface area contributed by atoms with Crippen LogP contribution in [-0.4, -0.2) is 23.6 Å². The summed E-state index contributed by atoms with van der Waals surface area (Å²) < 4.78 is 5.82. The minimum atomic E-state index is 0.0721. The first-order valence-corrected chi connectivity index (χ1v) is 8.45. The van der Waals surface area contributed by atoms with Crippen molar-refractivity contribution in [2.24, 2.45) is 5.92 Å². The van der Waals surface area contributed by atoms with Crippen LogP contribution in [0.25, 0.3) is 0 Å². The minimum absolute atomic E-state index is 0.0721. The summed E-state index contributed by atoms with van der Waals surface area (Å²) in [5.74, 6) is 1.51. The van der Waals surface area contributed by atoms with E-state index in [2.05, 4.69) is 12.2 Å². The first-order valence-electron chi connectivity index (χ1n) is 8.45. The van der Waals surface area contributed by atoms with Crippen molar-refractivity contribution in [3.05, 3.63) is 22.8 Å². The molecule has 1 fully saturated rings. The van der Waals surface area contributed by atoms with Crippen LogP contribution in [0.5, 0.6) is 0 Å². The maximum Gasteiger partial charge on any atom is 0.157 e. The Morgan fingerprint density at radius 2 is 2.05 bits per heavy atom. The molecule has 1 atom stereocenters. The molecule has 0 spiro atoms. The highest BCUT2D eigenvalue weighted by atomic mass is 16.5. The molecule has 1 aliphatic heterocycles. The van der Waals surface area contributed by atoms with Gasteiger partial charge >= 0.3 is 0 Å². The fraction of sp³-hybridized carbons (Fsp3) is 0.765. The number of rotatable bonds is 4. The molecule has 0 amide bonds. The van der Waals surface area contributed by atoms with E-state index in [0.29, 0.717) is 5.92 Å². The van der Waals surface area contributed by atoms with Gasteiger partial charge in [-0.15, -0.1) is 0 Å². The largest absolute Gasteiger partial charge is 0.373 e. The lowest BCUT2D eigenvalue weighted by Gasteiger charge is -2.29. The van der Waals surface area contributed by atoms with Gasteiger partial charge in [0, 0.05) is 19.3 Å². The van der Waals surface area contributed by atoms with E-state index in [1.54, 1.807) is 0 Å². The second kappa shape index (κ2) is 6.84. The van der Waals surface area contributed by atoms with Crippen LogP contribution in [-0.2, 0) is 24.1 Å². The molecule has 1 unspecified atom stereocenters. The standard InChI is InChI=1S/C17H27N3O/c1-3-14-13-9-10-18-11-15(13)20-17(19-14)16(21-2)12-7-5-4-6-8-12/h12,16,18H,3-11H2,1-2H3. The molecular formula is C17H27N3O. The fourth-order valence-corrected chi connectivity index (χ4v) is 3.82. The van der Waals surface area contributed by atoms with Gasteiger partial charge in [0.15, 0.2) is 5.82 Å². The van der Waals surface area contributed by atoms with Gasteiger partial charge in [0.25, 0.3) is 0 Å². The zero-order chi connectivity index (χ0) is 14.7. The minimum Gasteiger partial charge on any atom is -0.373 e. The summed E-state index contributed by atoms with van der Waals surface area (Å²) in [7, 11) is 1.81. The van der Waals surface area contributed by atoms with Crippen molar-refractivity contribution in [1.29, 1.82) is 0 Å². The topological polar surface area (TPSA) is 47.0 Å². The Morgan fingerprint density at radius 1 is 1.24 bits per heavy atom. The summed E-state index contributed by atoms with van der Waals surface area (Å²) in [6, 6.07) is 0. The summed E-state index contributed by atoms with van der Waals surface area (Å²) in [4.78, 5) is 9.76. The normalized spacial score (nSPS) is 21.0. The van der Waals surface area contributed by atoms with Crippen molar-refractivity contribution in [3.8, 4) is 0 Å². The van der Waals surface area contributed by atoms with Gasteiger partial charge in [-0.3, -0.25) is 0 Å².